The second kappa shape index (κ2) is 11.5. The number of nitrogens with zero attached hydrogens (tertiary/aromatic N) is 3. The quantitative estimate of drug-likeness (QED) is 0.550. The van der Waals surface area contributed by atoms with Crippen molar-refractivity contribution in [3.8, 4) is 0 Å². The molecule has 2 atom stereocenters. The molecule has 0 spiro atoms. The molecule has 1 aromatic heterocycles. The van der Waals surface area contributed by atoms with Gasteiger partial charge in [-0.3, -0.25) is 0 Å². The van der Waals surface area contributed by atoms with Crippen LogP contribution in [0.25, 0.3) is 5.57 Å². The van der Waals surface area contributed by atoms with Crippen molar-refractivity contribution in [2.75, 3.05) is 26.2 Å². The smallest absolute Gasteiger partial charge is 0.410 e. The Morgan fingerprint density at radius 2 is 2.03 bits per heavy atom. The molecule has 2 unspecified atom stereocenters. The van der Waals surface area contributed by atoms with Gasteiger partial charge in [0.15, 0.2) is 0 Å². The van der Waals surface area contributed by atoms with E-state index in [2.05, 4.69) is 33.8 Å². The molecule has 0 bridgehead atoms. The number of amides is 1. The van der Waals surface area contributed by atoms with E-state index in [-0.39, 0.29) is 23.8 Å². The predicted molar refractivity (Wildman–Crippen MR) is 148 cm³/mol. The van der Waals surface area contributed by atoms with Crippen molar-refractivity contribution >= 4 is 23.3 Å². The molecule has 9 heteroatoms. The molecule has 37 heavy (non-hydrogen) atoms. The van der Waals surface area contributed by atoms with Crippen LogP contribution in [0.15, 0.2) is 60.7 Å². The maximum absolute atomic E-state index is 11.5. The topological polar surface area (TPSA) is 97.4 Å². The summed E-state index contributed by atoms with van der Waals surface area (Å²) in [5, 5.41) is 7.34. The molecular formula is C28H37ClN6O2. The molecule has 198 valence electrons. The van der Waals surface area contributed by atoms with Crippen LogP contribution in [0.5, 0.6) is 0 Å². The minimum Gasteiger partial charge on any atom is -0.444 e. The van der Waals surface area contributed by atoms with Crippen LogP contribution in [0.4, 0.5) is 4.79 Å². The number of piperazine rings is 1. The summed E-state index contributed by atoms with van der Waals surface area (Å²) in [6.07, 6.45) is 12.7. The zero-order chi connectivity index (χ0) is 26.6. The SMILES string of the molecule is CC(C)(C)OC(=O)N1CCNCC1.Cn1cncc1C(N)C1=CC2=CC=CNC2Cc2ccc(Cl)cc21. The number of hydrogen-bond acceptors (Lipinski definition) is 6. The number of aromatic nitrogens is 2. The van der Waals surface area contributed by atoms with Gasteiger partial charge in [0.25, 0.3) is 0 Å². The Labute approximate surface area is 224 Å². The van der Waals surface area contributed by atoms with Crippen molar-refractivity contribution in [1.82, 2.24) is 25.1 Å². The molecule has 2 aliphatic heterocycles. The Morgan fingerprint density at radius 3 is 2.70 bits per heavy atom. The Bertz CT molecular complexity index is 1200. The van der Waals surface area contributed by atoms with Gasteiger partial charge in [0, 0.05) is 38.2 Å². The fourth-order valence-electron chi connectivity index (χ4n) is 4.60. The van der Waals surface area contributed by atoms with Gasteiger partial charge in [0.05, 0.1) is 30.3 Å². The fraction of sp³-hybridized carbons (Fsp3) is 0.429. The second-order valence-corrected chi connectivity index (χ2v) is 10.9. The van der Waals surface area contributed by atoms with E-state index in [1.54, 1.807) is 11.2 Å². The van der Waals surface area contributed by atoms with Crippen LogP contribution in [-0.2, 0) is 18.2 Å². The van der Waals surface area contributed by atoms with E-state index in [0.29, 0.717) is 0 Å². The highest BCUT2D eigenvalue weighted by Crippen LogP contribution is 2.37. The molecular weight excluding hydrogens is 488 g/mol. The molecule has 4 N–H and O–H groups in total. The monoisotopic (exact) mass is 524 g/mol. The number of nitrogens with one attached hydrogen (secondary N) is 2. The Balaban J connectivity index is 0.000000209. The standard InChI is InChI=1S/C19H19ClN4.C9H18N2O2/c1-24-11-22-10-18(24)19(21)16-7-13-3-2-6-23-17(13)8-12-4-5-14(20)9-15(12)16;1-9(2,3)13-8(12)11-6-4-10-5-7-11/h2-7,9-11,17,19,23H,8,21H2,1H3;10H,4-7H2,1-3H3. The number of halogens is 1. The number of hydrogen-bond donors (Lipinski definition) is 3. The van der Waals surface area contributed by atoms with E-state index in [4.69, 9.17) is 22.1 Å². The highest BCUT2D eigenvalue weighted by molar-refractivity contribution is 6.30. The summed E-state index contributed by atoms with van der Waals surface area (Å²) in [6, 6.07) is 6.06. The van der Waals surface area contributed by atoms with Gasteiger partial charge in [0.2, 0.25) is 0 Å². The number of dihydropyridines is 1. The van der Waals surface area contributed by atoms with Crippen molar-refractivity contribution in [3.63, 3.8) is 0 Å². The largest absolute Gasteiger partial charge is 0.444 e. The maximum Gasteiger partial charge on any atom is 0.410 e. The zero-order valence-corrected chi connectivity index (χ0v) is 22.8. The first-order valence-electron chi connectivity index (χ1n) is 12.7. The van der Waals surface area contributed by atoms with Crippen LogP contribution in [0.3, 0.4) is 0 Å². The van der Waals surface area contributed by atoms with Crippen LogP contribution in [0.2, 0.25) is 5.02 Å². The lowest BCUT2D eigenvalue weighted by molar-refractivity contribution is 0.0229. The van der Waals surface area contributed by atoms with Gasteiger partial charge in [0.1, 0.15) is 5.60 Å². The van der Waals surface area contributed by atoms with Crippen molar-refractivity contribution in [2.45, 2.75) is 44.9 Å². The third kappa shape index (κ3) is 6.83. The molecule has 3 heterocycles. The second-order valence-electron chi connectivity index (χ2n) is 10.5. The molecule has 2 aromatic rings. The molecule has 5 rings (SSSR count). The van der Waals surface area contributed by atoms with Gasteiger partial charge >= 0.3 is 6.09 Å². The molecule has 3 aliphatic rings. The van der Waals surface area contributed by atoms with Gasteiger partial charge in [-0.25, -0.2) is 9.78 Å². The van der Waals surface area contributed by atoms with Crippen molar-refractivity contribution in [1.29, 1.82) is 0 Å². The predicted octanol–water partition coefficient (Wildman–Crippen LogP) is 3.95. The molecule has 8 nitrogen and oxygen atoms in total. The average Bonchev–Trinajstić information content (AvgIpc) is 3.22. The summed E-state index contributed by atoms with van der Waals surface area (Å²) < 4.78 is 7.20. The van der Waals surface area contributed by atoms with Crippen LogP contribution >= 0.6 is 11.6 Å². The average molecular weight is 525 g/mol. The molecule has 1 saturated heterocycles. The Kier molecular flexibility index (Phi) is 8.42. The number of ether oxygens (including phenoxy) is 1. The first-order valence-corrected chi connectivity index (χ1v) is 13.0. The number of fused-ring (bicyclic) bond motifs is 2. The van der Waals surface area contributed by atoms with Crippen LogP contribution in [0.1, 0.15) is 43.6 Å². The van der Waals surface area contributed by atoms with E-state index >= 15 is 0 Å². The molecule has 1 fully saturated rings. The Hall–Kier alpha value is -3.07. The van der Waals surface area contributed by atoms with E-state index < -0.39 is 0 Å². The third-order valence-electron chi connectivity index (χ3n) is 6.49. The molecule has 0 radical (unpaired) electrons. The van der Waals surface area contributed by atoms with Gasteiger partial charge in [-0.05, 0) is 73.9 Å². The van der Waals surface area contributed by atoms with Crippen LogP contribution < -0.4 is 16.4 Å². The third-order valence-corrected chi connectivity index (χ3v) is 6.73. The van der Waals surface area contributed by atoms with Crippen molar-refractivity contribution in [2.24, 2.45) is 12.8 Å². The minimum atomic E-state index is -0.387. The number of aryl methyl sites for hydroxylation is 1. The zero-order valence-electron chi connectivity index (χ0n) is 22.0. The van der Waals surface area contributed by atoms with Crippen LogP contribution in [-0.4, -0.2) is 58.4 Å². The van der Waals surface area contributed by atoms with E-state index in [9.17, 15) is 4.79 Å². The van der Waals surface area contributed by atoms with E-state index in [0.717, 1.165) is 54.5 Å². The van der Waals surface area contributed by atoms with Gasteiger partial charge in [-0.15, -0.1) is 0 Å². The fourth-order valence-corrected chi connectivity index (χ4v) is 4.77. The summed E-state index contributed by atoms with van der Waals surface area (Å²) >= 11 is 6.28. The van der Waals surface area contributed by atoms with Gasteiger partial charge in [-0.1, -0.05) is 29.8 Å². The number of rotatable bonds is 2. The Morgan fingerprint density at radius 1 is 1.27 bits per heavy atom. The van der Waals surface area contributed by atoms with E-state index in [1.165, 1.54) is 11.1 Å². The van der Waals surface area contributed by atoms with Gasteiger partial charge in [-0.2, -0.15) is 0 Å². The number of carbonyl (C=O) groups is 1. The minimum absolute atomic E-state index is 0.200. The summed E-state index contributed by atoms with van der Waals surface area (Å²) in [6.45, 7) is 8.86. The molecule has 0 saturated carbocycles. The van der Waals surface area contributed by atoms with Gasteiger partial charge < -0.3 is 30.6 Å². The molecule has 1 aromatic carbocycles. The summed E-state index contributed by atoms with van der Waals surface area (Å²) in [5.74, 6) is 0. The lowest BCUT2D eigenvalue weighted by atomic mass is 9.93. The lowest BCUT2D eigenvalue weighted by Gasteiger charge is -2.30. The summed E-state index contributed by atoms with van der Waals surface area (Å²) in [5.41, 5.74) is 11.9. The summed E-state index contributed by atoms with van der Waals surface area (Å²) in [4.78, 5) is 17.4. The first kappa shape index (κ1) is 27.0. The highest BCUT2D eigenvalue weighted by atomic mass is 35.5. The normalized spacial score (nSPS) is 19.6. The summed E-state index contributed by atoms with van der Waals surface area (Å²) in [7, 11) is 1.96. The van der Waals surface area contributed by atoms with Crippen LogP contribution in [0, 0.1) is 0 Å². The van der Waals surface area contributed by atoms with Crippen molar-refractivity contribution in [3.05, 3.63) is 82.6 Å². The molecule has 1 amide bonds. The number of allylic oxidation sites excluding steroid dienone is 2. The van der Waals surface area contributed by atoms with E-state index in [1.807, 2.05) is 63.0 Å². The number of nitrogens with two attached hydrogens (primary N) is 1. The number of imidazole rings is 1. The maximum atomic E-state index is 11.5. The number of carbonyl (C=O) groups excluding carboxylic acids is 1. The lowest BCUT2D eigenvalue weighted by Crippen LogP contribution is -2.48. The highest BCUT2D eigenvalue weighted by Gasteiger charge is 2.26. The first-order chi connectivity index (χ1) is 17.6. The molecule has 1 aliphatic carbocycles. The number of benzene rings is 1. The van der Waals surface area contributed by atoms with Crippen molar-refractivity contribution < 1.29 is 9.53 Å².